The fourth-order valence-corrected chi connectivity index (χ4v) is 4.61. The van der Waals surface area contributed by atoms with Gasteiger partial charge in [0.25, 0.3) is 0 Å². The Morgan fingerprint density at radius 3 is 2.67 bits per heavy atom. The molecule has 2 rings (SSSR count). The molecular weight excluding hydrogens is 346 g/mol. The third kappa shape index (κ3) is 4.31. The summed E-state index contributed by atoms with van der Waals surface area (Å²) in [4.78, 5) is 25.6. The summed E-state index contributed by atoms with van der Waals surface area (Å²) in [5, 5.41) is 3.47. The van der Waals surface area contributed by atoms with E-state index in [9.17, 15) is 9.59 Å². The van der Waals surface area contributed by atoms with Gasteiger partial charge in [-0.05, 0) is 43.1 Å². The quantitative estimate of drug-likeness (QED) is 0.605. The maximum atomic E-state index is 12.4. The fraction of sp³-hybridized carbons (Fsp3) is 0.667. The number of alkyl halides is 1. The highest BCUT2D eigenvalue weighted by molar-refractivity contribution is 7.17. The van der Waals surface area contributed by atoms with Gasteiger partial charge in [-0.1, -0.05) is 20.8 Å². The van der Waals surface area contributed by atoms with Gasteiger partial charge < -0.3 is 10.1 Å². The number of ether oxygens (including phenoxy) is 1. The summed E-state index contributed by atoms with van der Waals surface area (Å²) in [5.74, 6) is 0.328. The largest absolute Gasteiger partial charge is 0.462 e. The Bertz CT molecular complexity index is 619. The molecule has 0 radical (unpaired) electrons. The zero-order valence-electron chi connectivity index (χ0n) is 14.8. The first-order chi connectivity index (χ1) is 11.3. The minimum Gasteiger partial charge on any atom is -0.462 e. The van der Waals surface area contributed by atoms with Crippen LogP contribution in [0.25, 0.3) is 0 Å². The van der Waals surface area contributed by atoms with Gasteiger partial charge in [0.05, 0.1) is 12.2 Å². The molecular formula is C18H26ClNO3S. The van der Waals surface area contributed by atoms with Crippen LogP contribution in [0, 0.1) is 11.3 Å². The Morgan fingerprint density at radius 1 is 1.38 bits per heavy atom. The van der Waals surface area contributed by atoms with Crippen LogP contribution < -0.4 is 5.32 Å². The van der Waals surface area contributed by atoms with Gasteiger partial charge >= 0.3 is 5.97 Å². The van der Waals surface area contributed by atoms with Gasteiger partial charge in [-0.2, -0.15) is 0 Å². The van der Waals surface area contributed by atoms with Crippen molar-refractivity contribution in [3.05, 3.63) is 16.0 Å². The molecule has 1 aliphatic carbocycles. The summed E-state index contributed by atoms with van der Waals surface area (Å²) in [7, 11) is 0. The monoisotopic (exact) mass is 371 g/mol. The van der Waals surface area contributed by atoms with Crippen molar-refractivity contribution in [1.29, 1.82) is 0 Å². The van der Waals surface area contributed by atoms with Crippen molar-refractivity contribution in [2.45, 2.75) is 53.4 Å². The van der Waals surface area contributed by atoms with Gasteiger partial charge in [-0.3, -0.25) is 4.79 Å². The maximum Gasteiger partial charge on any atom is 0.341 e. The molecule has 1 amide bonds. The first-order valence-corrected chi connectivity index (χ1v) is 9.80. The van der Waals surface area contributed by atoms with Crippen molar-refractivity contribution in [1.82, 2.24) is 0 Å². The molecule has 0 saturated heterocycles. The Balaban J connectivity index is 2.35. The standard InChI is InChI=1S/C18H26ClNO3S/c1-5-23-17(22)15-12-7-6-11(18(2,3)4)10-13(12)24-16(15)20-14(21)8-9-19/h11H,5-10H2,1-4H3,(H,20,21)/t11-/m0/s1. The lowest BCUT2D eigenvalue weighted by Gasteiger charge is -2.33. The van der Waals surface area contributed by atoms with Gasteiger partial charge in [0.15, 0.2) is 0 Å². The zero-order chi connectivity index (χ0) is 17.9. The average molecular weight is 372 g/mol. The van der Waals surface area contributed by atoms with Gasteiger partial charge in [-0.25, -0.2) is 4.79 Å². The summed E-state index contributed by atoms with van der Waals surface area (Å²) < 4.78 is 5.22. The number of amides is 1. The molecule has 0 aromatic carbocycles. The first kappa shape index (κ1) is 19.3. The SMILES string of the molecule is CCOC(=O)c1c(NC(=O)CCCl)sc2c1CC[C@H](C(C)(C)C)C2. The highest BCUT2D eigenvalue weighted by Gasteiger charge is 2.34. The highest BCUT2D eigenvalue weighted by Crippen LogP contribution is 2.44. The van der Waals surface area contributed by atoms with Crippen LogP contribution >= 0.6 is 22.9 Å². The number of thiophene rings is 1. The van der Waals surface area contributed by atoms with E-state index in [1.807, 2.05) is 0 Å². The van der Waals surface area contributed by atoms with Crippen LogP contribution in [0.4, 0.5) is 5.00 Å². The lowest BCUT2D eigenvalue weighted by molar-refractivity contribution is -0.115. The van der Waals surface area contributed by atoms with Crippen LogP contribution in [0.3, 0.4) is 0 Å². The van der Waals surface area contributed by atoms with Crippen molar-refractivity contribution in [2.24, 2.45) is 11.3 Å². The summed E-state index contributed by atoms with van der Waals surface area (Å²) in [6, 6.07) is 0. The van der Waals surface area contributed by atoms with Crippen molar-refractivity contribution in [3.8, 4) is 0 Å². The maximum absolute atomic E-state index is 12.4. The fourth-order valence-electron chi connectivity index (χ4n) is 3.11. The normalized spacial score (nSPS) is 17.3. The van der Waals surface area contributed by atoms with E-state index in [-0.39, 0.29) is 29.6 Å². The summed E-state index contributed by atoms with van der Waals surface area (Å²) in [5.41, 5.74) is 1.83. The molecule has 1 aromatic heterocycles. The number of anilines is 1. The summed E-state index contributed by atoms with van der Waals surface area (Å²) in [6.07, 6.45) is 3.08. The second-order valence-corrected chi connectivity index (χ2v) is 8.70. The molecule has 0 bridgehead atoms. The van der Waals surface area contributed by atoms with Crippen LogP contribution in [0.5, 0.6) is 0 Å². The predicted molar refractivity (Wildman–Crippen MR) is 99.2 cm³/mol. The van der Waals surface area contributed by atoms with E-state index in [0.29, 0.717) is 23.1 Å². The van der Waals surface area contributed by atoms with Crippen LogP contribution in [0.2, 0.25) is 0 Å². The van der Waals surface area contributed by atoms with E-state index in [2.05, 4.69) is 26.1 Å². The predicted octanol–water partition coefficient (Wildman–Crippen LogP) is 4.64. The molecule has 6 heteroatoms. The number of esters is 1. The molecule has 1 aromatic rings. The van der Waals surface area contributed by atoms with Crippen LogP contribution in [0.1, 0.15) is 61.3 Å². The smallest absolute Gasteiger partial charge is 0.341 e. The molecule has 4 nitrogen and oxygen atoms in total. The van der Waals surface area contributed by atoms with Crippen LogP contribution in [0.15, 0.2) is 0 Å². The molecule has 1 heterocycles. The van der Waals surface area contributed by atoms with Crippen molar-refractivity contribution in [3.63, 3.8) is 0 Å². The van der Waals surface area contributed by atoms with Crippen molar-refractivity contribution in [2.75, 3.05) is 17.8 Å². The second-order valence-electron chi connectivity index (χ2n) is 7.22. The second kappa shape index (κ2) is 7.87. The van der Waals surface area contributed by atoms with E-state index >= 15 is 0 Å². The Labute approximate surface area is 152 Å². The summed E-state index contributed by atoms with van der Waals surface area (Å²) in [6.45, 7) is 8.88. The topological polar surface area (TPSA) is 55.4 Å². The van der Waals surface area contributed by atoms with Gasteiger partial charge in [0.1, 0.15) is 5.00 Å². The Kier molecular flexibility index (Phi) is 6.32. The lowest BCUT2D eigenvalue weighted by Crippen LogP contribution is -2.26. The molecule has 0 spiro atoms. The number of rotatable bonds is 5. The van der Waals surface area contributed by atoms with E-state index in [1.165, 1.54) is 16.2 Å². The van der Waals surface area contributed by atoms with Crippen molar-refractivity contribution >= 4 is 39.8 Å². The van der Waals surface area contributed by atoms with E-state index < -0.39 is 0 Å². The lowest BCUT2D eigenvalue weighted by atomic mass is 9.72. The summed E-state index contributed by atoms with van der Waals surface area (Å²) >= 11 is 7.15. The molecule has 1 atom stereocenters. The minimum atomic E-state index is -0.342. The molecule has 1 aliphatic rings. The molecule has 0 aliphatic heterocycles. The Morgan fingerprint density at radius 2 is 2.08 bits per heavy atom. The first-order valence-electron chi connectivity index (χ1n) is 8.45. The molecule has 0 fully saturated rings. The molecule has 134 valence electrons. The number of hydrogen-bond donors (Lipinski definition) is 1. The van der Waals surface area contributed by atoms with Gasteiger partial charge in [0.2, 0.25) is 5.91 Å². The molecule has 0 unspecified atom stereocenters. The van der Waals surface area contributed by atoms with Crippen LogP contribution in [-0.2, 0) is 22.4 Å². The number of nitrogens with one attached hydrogen (secondary N) is 1. The minimum absolute atomic E-state index is 0.165. The highest BCUT2D eigenvalue weighted by atomic mass is 35.5. The van der Waals surface area contributed by atoms with E-state index in [0.717, 1.165) is 24.8 Å². The number of fused-ring (bicyclic) bond motifs is 1. The van der Waals surface area contributed by atoms with Gasteiger partial charge in [0, 0.05) is 17.2 Å². The van der Waals surface area contributed by atoms with Gasteiger partial charge in [-0.15, -0.1) is 22.9 Å². The van der Waals surface area contributed by atoms with E-state index in [1.54, 1.807) is 6.92 Å². The number of halogens is 1. The molecule has 24 heavy (non-hydrogen) atoms. The molecule has 1 N–H and O–H groups in total. The zero-order valence-corrected chi connectivity index (χ0v) is 16.4. The molecule has 0 saturated carbocycles. The average Bonchev–Trinajstić information content (AvgIpc) is 2.83. The third-order valence-electron chi connectivity index (χ3n) is 4.54. The number of carbonyl (C=O) groups is 2. The third-order valence-corrected chi connectivity index (χ3v) is 5.90. The van der Waals surface area contributed by atoms with Crippen LogP contribution in [-0.4, -0.2) is 24.4 Å². The Hall–Kier alpha value is -1.07. The van der Waals surface area contributed by atoms with Crippen molar-refractivity contribution < 1.29 is 14.3 Å². The van der Waals surface area contributed by atoms with E-state index in [4.69, 9.17) is 16.3 Å². The number of hydrogen-bond acceptors (Lipinski definition) is 4. The number of carbonyl (C=O) groups excluding carboxylic acids is 2.